The van der Waals surface area contributed by atoms with Gasteiger partial charge < -0.3 is 9.84 Å². The van der Waals surface area contributed by atoms with Gasteiger partial charge in [-0.2, -0.15) is 0 Å². The van der Waals surface area contributed by atoms with Crippen molar-refractivity contribution in [3.63, 3.8) is 0 Å². The van der Waals surface area contributed by atoms with Gasteiger partial charge in [0.25, 0.3) is 0 Å². The Morgan fingerprint density at radius 3 is 2.33 bits per heavy atom. The molecule has 1 atom stereocenters. The van der Waals surface area contributed by atoms with Gasteiger partial charge >= 0.3 is 0 Å². The minimum absolute atomic E-state index is 0.112. The number of ether oxygens (including phenoxy) is 1. The predicted octanol–water partition coefficient (Wildman–Crippen LogP) is 3.13. The average Bonchev–Trinajstić information content (AvgIpc) is 2.18. The van der Waals surface area contributed by atoms with E-state index in [1.54, 1.807) is 0 Å². The molecule has 0 aromatic carbocycles. The molecular formula is C13H26O2. The number of aliphatic hydroxyl groups is 1. The van der Waals surface area contributed by atoms with E-state index in [0.717, 1.165) is 32.5 Å². The molecular weight excluding hydrogens is 188 g/mol. The highest BCUT2D eigenvalue weighted by atomic mass is 16.5. The van der Waals surface area contributed by atoms with Gasteiger partial charge in [0, 0.05) is 5.41 Å². The van der Waals surface area contributed by atoms with E-state index >= 15 is 0 Å². The first kappa shape index (κ1) is 13.0. The molecule has 0 aromatic heterocycles. The van der Waals surface area contributed by atoms with Crippen LogP contribution in [0.2, 0.25) is 0 Å². The van der Waals surface area contributed by atoms with Gasteiger partial charge in [-0.1, -0.05) is 46.0 Å². The second-order valence-electron chi connectivity index (χ2n) is 4.97. The van der Waals surface area contributed by atoms with Gasteiger partial charge in [0.05, 0.1) is 19.3 Å². The van der Waals surface area contributed by atoms with Crippen molar-refractivity contribution in [2.75, 3.05) is 13.2 Å². The van der Waals surface area contributed by atoms with Crippen LogP contribution in [0.4, 0.5) is 0 Å². The zero-order chi connectivity index (χ0) is 11.1. The summed E-state index contributed by atoms with van der Waals surface area (Å²) in [5.41, 5.74) is 0.112. The molecule has 0 saturated carbocycles. The number of aliphatic hydroxyl groups excluding tert-OH is 1. The normalized spacial score (nSPS) is 21.0. The van der Waals surface area contributed by atoms with Crippen LogP contribution in [0.25, 0.3) is 0 Å². The molecule has 1 heterocycles. The SMILES string of the molecule is CCCCCCC(O)C1(CCC)COC1. The maximum Gasteiger partial charge on any atom is 0.0640 e. The van der Waals surface area contributed by atoms with E-state index < -0.39 is 0 Å². The van der Waals surface area contributed by atoms with Gasteiger partial charge in [-0.05, 0) is 12.8 Å². The Kier molecular flexibility index (Phi) is 5.62. The quantitative estimate of drug-likeness (QED) is 0.629. The Morgan fingerprint density at radius 1 is 1.13 bits per heavy atom. The Labute approximate surface area is 94.0 Å². The first-order valence-electron chi connectivity index (χ1n) is 6.51. The Balaban J connectivity index is 2.21. The topological polar surface area (TPSA) is 29.5 Å². The minimum atomic E-state index is -0.136. The molecule has 0 spiro atoms. The lowest BCUT2D eigenvalue weighted by Gasteiger charge is -2.45. The van der Waals surface area contributed by atoms with Gasteiger partial charge in [-0.3, -0.25) is 0 Å². The van der Waals surface area contributed by atoms with Gasteiger partial charge in [-0.15, -0.1) is 0 Å². The lowest BCUT2D eigenvalue weighted by molar-refractivity contribution is -0.177. The van der Waals surface area contributed by atoms with E-state index in [9.17, 15) is 5.11 Å². The largest absolute Gasteiger partial charge is 0.392 e. The molecule has 0 radical (unpaired) electrons. The fraction of sp³-hybridized carbons (Fsp3) is 1.00. The van der Waals surface area contributed by atoms with Crippen LogP contribution in [-0.2, 0) is 4.74 Å². The summed E-state index contributed by atoms with van der Waals surface area (Å²) in [6.45, 7) is 5.95. The summed E-state index contributed by atoms with van der Waals surface area (Å²) in [7, 11) is 0. The lowest BCUT2D eigenvalue weighted by atomic mass is 9.74. The van der Waals surface area contributed by atoms with Crippen LogP contribution in [0.3, 0.4) is 0 Å². The molecule has 2 nitrogen and oxygen atoms in total. The summed E-state index contributed by atoms with van der Waals surface area (Å²) < 4.78 is 5.28. The Bertz CT molecular complexity index is 164. The van der Waals surface area contributed by atoms with Crippen molar-refractivity contribution in [2.24, 2.45) is 5.41 Å². The van der Waals surface area contributed by atoms with Crippen LogP contribution < -0.4 is 0 Å². The molecule has 1 N–H and O–H groups in total. The van der Waals surface area contributed by atoms with E-state index in [2.05, 4.69) is 13.8 Å². The molecule has 1 aliphatic heterocycles. The summed E-state index contributed by atoms with van der Waals surface area (Å²) >= 11 is 0. The van der Waals surface area contributed by atoms with E-state index in [0.29, 0.717) is 0 Å². The van der Waals surface area contributed by atoms with Crippen molar-refractivity contribution < 1.29 is 9.84 Å². The molecule has 1 rings (SSSR count). The molecule has 90 valence electrons. The molecule has 2 heteroatoms. The van der Waals surface area contributed by atoms with E-state index in [1.807, 2.05) is 0 Å². The second-order valence-corrected chi connectivity index (χ2v) is 4.97. The van der Waals surface area contributed by atoms with Crippen LogP contribution in [0, 0.1) is 5.41 Å². The van der Waals surface area contributed by atoms with Crippen molar-refractivity contribution >= 4 is 0 Å². The van der Waals surface area contributed by atoms with E-state index in [1.165, 1.54) is 25.7 Å². The van der Waals surface area contributed by atoms with E-state index in [4.69, 9.17) is 4.74 Å². The first-order chi connectivity index (χ1) is 7.25. The lowest BCUT2D eigenvalue weighted by Crippen LogP contribution is -2.51. The van der Waals surface area contributed by atoms with Crippen molar-refractivity contribution in [3.8, 4) is 0 Å². The summed E-state index contributed by atoms with van der Waals surface area (Å²) in [6.07, 6.45) is 8.07. The smallest absolute Gasteiger partial charge is 0.0640 e. The average molecular weight is 214 g/mol. The molecule has 1 saturated heterocycles. The highest BCUT2D eigenvalue weighted by Crippen LogP contribution is 2.38. The summed E-state index contributed by atoms with van der Waals surface area (Å²) in [5, 5.41) is 10.2. The van der Waals surface area contributed by atoms with Crippen molar-refractivity contribution in [1.82, 2.24) is 0 Å². The monoisotopic (exact) mass is 214 g/mol. The maximum atomic E-state index is 10.2. The Hall–Kier alpha value is -0.0800. The fourth-order valence-corrected chi connectivity index (χ4v) is 2.44. The van der Waals surface area contributed by atoms with Crippen LogP contribution in [0.15, 0.2) is 0 Å². The third kappa shape index (κ3) is 3.46. The third-order valence-corrected chi connectivity index (χ3v) is 3.56. The van der Waals surface area contributed by atoms with Gasteiger partial charge in [0.1, 0.15) is 0 Å². The Morgan fingerprint density at radius 2 is 1.87 bits per heavy atom. The van der Waals surface area contributed by atoms with E-state index in [-0.39, 0.29) is 11.5 Å². The first-order valence-corrected chi connectivity index (χ1v) is 6.51. The van der Waals surface area contributed by atoms with Crippen LogP contribution >= 0.6 is 0 Å². The molecule has 1 fully saturated rings. The number of rotatable bonds is 8. The molecule has 1 aliphatic rings. The van der Waals surface area contributed by atoms with Gasteiger partial charge in [0.2, 0.25) is 0 Å². The second kappa shape index (κ2) is 6.49. The molecule has 0 bridgehead atoms. The molecule has 0 aliphatic carbocycles. The number of unbranched alkanes of at least 4 members (excludes halogenated alkanes) is 3. The van der Waals surface area contributed by atoms with Gasteiger partial charge in [0.15, 0.2) is 0 Å². The number of hydrogen-bond donors (Lipinski definition) is 1. The standard InChI is InChI=1S/C13H26O2/c1-3-5-6-7-8-12(14)13(9-4-2)10-15-11-13/h12,14H,3-11H2,1-2H3. The number of hydrogen-bond acceptors (Lipinski definition) is 2. The fourth-order valence-electron chi connectivity index (χ4n) is 2.44. The summed E-state index contributed by atoms with van der Waals surface area (Å²) in [6, 6.07) is 0. The molecule has 1 unspecified atom stereocenters. The zero-order valence-corrected chi connectivity index (χ0v) is 10.3. The molecule has 0 aromatic rings. The van der Waals surface area contributed by atoms with Crippen molar-refractivity contribution in [3.05, 3.63) is 0 Å². The zero-order valence-electron chi connectivity index (χ0n) is 10.3. The highest BCUT2D eigenvalue weighted by Gasteiger charge is 2.43. The van der Waals surface area contributed by atoms with Crippen LogP contribution in [-0.4, -0.2) is 24.4 Å². The third-order valence-electron chi connectivity index (χ3n) is 3.56. The van der Waals surface area contributed by atoms with Crippen LogP contribution in [0.1, 0.15) is 58.8 Å². The minimum Gasteiger partial charge on any atom is -0.392 e. The van der Waals surface area contributed by atoms with Gasteiger partial charge in [-0.25, -0.2) is 0 Å². The molecule has 0 amide bonds. The maximum absolute atomic E-state index is 10.2. The highest BCUT2D eigenvalue weighted by molar-refractivity contribution is 4.91. The molecule has 15 heavy (non-hydrogen) atoms. The van der Waals surface area contributed by atoms with Crippen LogP contribution in [0.5, 0.6) is 0 Å². The summed E-state index contributed by atoms with van der Waals surface area (Å²) in [4.78, 5) is 0. The predicted molar refractivity (Wildman–Crippen MR) is 62.9 cm³/mol. The van der Waals surface area contributed by atoms with Crippen molar-refractivity contribution in [1.29, 1.82) is 0 Å². The van der Waals surface area contributed by atoms with Crippen molar-refractivity contribution in [2.45, 2.75) is 64.9 Å². The summed E-state index contributed by atoms with van der Waals surface area (Å²) in [5.74, 6) is 0.